The van der Waals surface area contributed by atoms with Crippen molar-refractivity contribution in [2.45, 2.75) is 251 Å². The van der Waals surface area contributed by atoms with Crippen LogP contribution in [0, 0.1) is 0 Å². The molecule has 10 heteroatoms. The van der Waals surface area contributed by atoms with Gasteiger partial charge in [0, 0.05) is 12.8 Å². The molecule has 0 rings (SSSR count). The molecule has 0 spiro atoms. The van der Waals surface area contributed by atoms with Gasteiger partial charge in [-0.3, -0.25) is 18.6 Å². The maximum absolute atomic E-state index is 12.8. The molecule has 70 heavy (non-hydrogen) atoms. The van der Waals surface area contributed by atoms with Crippen LogP contribution in [0.3, 0.4) is 0 Å². The number of esters is 2. The van der Waals surface area contributed by atoms with Gasteiger partial charge < -0.3 is 18.9 Å². The number of hydrogen-bond acceptors (Lipinski definition) is 7. The van der Waals surface area contributed by atoms with Gasteiger partial charge in [-0.05, 0) is 64.2 Å². The smallest absolute Gasteiger partial charge is 0.462 e. The molecule has 406 valence electrons. The molecule has 9 nitrogen and oxygen atoms in total. The topological polar surface area (TPSA) is 108 Å². The van der Waals surface area contributed by atoms with Crippen molar-refractivity contribution in [3.05, 3.63) is 72.9 Å². The largest absolute Gasteiger partial charge is 0.472 e. The Labute approximate surface area is 431 Å². The molecule has 1 N–H and O–H groups in total. The Balaban J connectivity index is 4.20. The molecule has 0 amide bonds. The van der Waals surface area contributed by atoms with Crippen molar-refractivity contribution in [3.63, 3.8) is 0 Å². The van der Waals surface area contributed by atoms with E-state index in [0.717, 1.165) is 83.5 Å². The molecular formula is C60H109NO8P+. The Hall–Kier alpha value is -2.55. The average molecular weight is 1000 g/mol. The van der Waals surface area contributed by atoms with Gasteiger partial charge in [-0.25, -0.2) is 4.57 Å². The van der Waals surface area contributed by atoms with Crippen molar-refractivity contribution in [3.8, 4) is 0 Å². The summed E-state index contributed by atoms with van der Waals surface area (Å²) >= 11 is 0. The zero-order valence-corrected chi connectivity index (χ0v) is 46.9. The van der Waals surface area contributed by atoms with Crippen molar-refractivity contribution in [2.24, 2.45) is 0 Å². The summed E-state index contributed by atoms with van der Waals surface area (Å²) < 4.78 is 34.6. The molecular weight excluding hydrogens is 894 g/mol. The lowest BCUT2D eigenvalue weighted by Crippen LogP contribution is -2.37. The van der Waals surface area contributed by atoms with Crippen molar-refractivity contribution in [1.29, 1.82) is 0 Å². The second-order valence-corrected chi connectivity index (χ2v) is 21.8. The zero-order chi connectivity index (χ0) is 51.3. The van der Waals surface area contributed by atoms with Crippen LogP contribution < -0.4 is 0 Å². The first-order chi connectivity index (χ1) is 34.0. The molecule has 0 fully saturated rings. The third-order valence-corrected chi connectivity index (χ3v) is 13.2. The van der Waals surface area contributed by atoms with Crippen LogP contribution in [0.4, 0.5) is 0 Å². The highest BCUT2D eigenvalue weighted by Crippen LogP contribution is 2.43. The van der Waals surface area contributed by atoms with Gasteiger partial charge in [0.2, 0.25) is 0 Å². The zero-order valence-electron chi connectivity index (χ0n) is 46.0. The van der Waals surface area contributed by atoms with Gasteiger partial charge >= 0.3 is 19.8 Å². The summed E-state index contributed by atoms with van der Waals surface area (Å²) in [7, 11) is 1.47. The second kappa shape index (κ2) is 51.4. The number of carbonyl (C=O) groups excluding carboxylic acids is 2. The first-order valence-corrected chi connectivity index (χ1v) is 30.2. The lowest BCUT2D eigenvalue weighted by Gasteiger charge is -2.24. The summed E-state index contributed by atoms with van der Waals surface area (Å²) in [5.74, 6) is -0.801. The maximum atomic E-state index is 12.8. The average Bonchev–Trinajstić information content (AvgIpc) is 3.32. The Morgan fingerprint density at radius 3 is 1.21 bits per heavy atom. The first-order valence-electron chi connectivity index (χ1n) is 28.7. The number of carbonyl (C=O) groups is 2. The van der Waals surface area contributed by atoms with E-state index in [0.29, 0.717) is 17.4 Å². The number of unbranched alkanes of at least 4 members (excludes halogenated alkanes) is 26. The molecule has 2 unspecified atom stereocenters. The molecule has 0 aromatic rings. The number of phosphoric acid groups is 1. The van der Waals surface area contributed by atoms with Crippen LogP contribution in [0.1, 0.15) is 245 Å². The Kier molecular flexibility index (Phi) is 49.5. The summed E-state index contributed by atoms with van der Waals surface area (Å²) in [6.45, 7) is 4.33. The van der Waals surface area contributed by atoms with E-state index in [2.05, 4.69) is 86.8 Å². The lowest BCUT2D eigenvalue weighted by atomic mass is 10.0. The van der Waals surface area contributed by atoms with Gasteiger partial charge in [0.25, 0.3) is 0 Å². The minimum absolute atomic E-state index is 0.0283. The highest BCUT2D eigenvalue weighted by atomic mass is 31.2. The Morgan fingerprint density at radius 2 is 0.814 bits per heavy atom. The number of nitrogens with zero attached hydrogens (tertiary/aromatic N) is 1. The minimum Gasteiger partial charge on any atom is -0.462 e. The van der Waals surface area contributed by atoms with E-state index in [1.54, 1.807) is 0 Å². The molecule has 0 aromatic carbocycles. The van der Waals surface area contributed by atoms with E-state index < -0.39 is 26.5 Å². The summed E-state index contributed by atoms with van der Waals surface area (Å²) in [5, 5.41) is 0. The SMILES string of the molecule is CC/C=C\C/C=C\C/C=C\C/C=C\C/C=C\C/C=C\CCCCCCCCCCC(=O)OC(COC(=O)CCCCCCCCCCCCCCCCCCCCC)COP(=O)(O)OCC[N+](C)(C)C. The molecule has 0 aliphatic heterocycles. The Morgan fingerprint density at radius 1 is 0.457 bits per heavy atom. The van der Waals surface area contributed by atoms with Gasteiger partial charge in [0.1, 0.15) is 19.8 Å². The third kappa shape index (κ3) is 54.8. The van der Waals surface area contributed by atoms with Gasteiger partial charge in [-0.1, -0.05) is 241 Å². The molecule has 0 saturated heterocycles. The van der Waals surface area contributed by atoms with Crippen molar-refractivity contribution in [1.82, 2.24) is 0 Å². The third-order valence-electron chi connectivity index (χ3n) is 12.3. The maximum Gasteiger partial charge on any atom is 0.472 e. The number of likely N-dealkylation sites (N-methyl/N-ethyl adjacent to an activating group) is 1. The fraction of sp³-hybridized carbons (Fsp3) is 0.767. The highest BCUT2D eigenvalue weighted by Gasteiger charge is 2.27. The summed E-state index contributed by atoms with van der Waals surface area (Å²) in [6.07, 6.45) is 66.7. The lowest BCUT2D eigenvalue weighted by molar-refractivity contribution is -0.870. The number of quaternary nitrogens is 1. The molecule has 0 aliphatic carbocycles. The standard InChI is InChI=1S/C60H108NO8P/c1-6-8-10-12-14-16-18-20-22-24-26-27-28-29-30-31-32-33-35-37-39-41-43-45-47-49-51-53-60(63)69-58(57-68-70(64,65)67-55-54-61(3,4)5)56-66-59(62)52-50-48-46-44-42-40-38-36-34-25-23-21-19-17-15-13-11-9-7-2/h8,10,14,16,20,22,26-27,29-30,32-33,58H,6-7,9,11-13,15,17-19,21,23-25,28,31,34-57H2,1-5H3/p+1/b10-8-,16-14-,22-20-,27-26-,30-29-,33-32-. The van der Waals surface area contributed by atoms with E-state index in [1.807, 2.05) is 21.1 Å². The molecule has 0 radical (unpaired) electrons. The van der Waals surface area contributed by atoms with E-state index >= 15 is 0 Å². The quantitative estimate of drug-likeness (QED) is 0.0211. The monoisotopic (exact) mass is 1000 g/mol. The summed E-state index contributed by atoms with van der Waals surface area (Å²) in [5.41, 5.74) is 0. The number of phosphoric ester groups is 1. The van der Waals surface area contributed by atoms with Crippen LogP contribution in [0.25, 0.3) is 0 Å². The van der Waals surface area contributed by atoms with Gasteiger partial charge in [-0.2, -0.15) is 0 Å². The van der Waals surface area contributed by atoms with Gasteiger partial charge in [0.15, 0.2) is 6.10 Å². The molecule has 0 bridgehead atoms. The normalized spacial score (nSPS) is 13.9. The molecule has 0 heterocycles. The second-order valence-electron chi connectivity index (χ2n) is 20.3. The predicted octanol–water partition coefficient (Wildman–Crippen LogP) is 17.7. The van der Waals surface area contributed by atoms with Crippen LogP contribution in [0.2, 0.25) is 0 Å². The summed E-state index contributed by atoms with van der Waals surface area (Å²) in [6, 6.07) is 0. The van der Waals surface area contributed by atoms with Gasteiger partial charge in [0.05, 0.1) is 27.7 Å². The van der Waals surface area contributed by atoms with Crippen molar-refractivity contribution in [2.75, 3.05) is 47.5 Å². The van der Waals surface area contributed by atoms with E-state index in [-0.39, 0.29) is 32.0 Å². The number of ether oxygens (including phenoxy) is 2. The van der Waals surface area contributed by atoms with Crippen LogP contribution in [-0.4, -0.2) is 74.9 Å². The van der Waals surface area contributed by atoms with E-state index in [4.69, 9.17) is 18.5 Å². The molecule has 0 saturated carbocycles. The van der Waals surface area contributed by atoms with Gasteiger partial charge in [-0.15, -0.1) is 0 Å². The molecule has 2 atom stereocenters. The minimum atomic E-state index is -4.39. The first kappa shape index (κ1) is 67.5. The molecule has 0 aliphatic rings. The van der Waals surface area contributed by atoms with E-state index in [1.165, 1.54) is 128 Å². The fourth-order valence-electron chi connectivity index (χ4n) is 7.84. The van der Waals surface area contributed by atoms with Crippen LogP contribution in [0.5, 0.6) is 0 Å². The van der Waals surface area contributed by atoms with Crippen LogP contribution >= 0.6 is 7.82 Å². The van der Waals surface area contributed by atoms with Crippen LogP contribution in [-0.2, 0) is 32.7 Å². The highest BCUT2D eigenvalue weighted by molar-refractivity contribution is 7.47. The van der Waals surface area contributed by atoms with Crippen LogP contribution in [0.15, 0.2) is 72.9 Å². The van der Waals surface area contributed by atoms with E-state index in [9.17, 15) is 19.0 Å². The van der Waals surface area contributed by atoms with Crippen molar-refractivity contribution < 1.29 is 42.1 Å². The number of allylic oxidation sites excluding steroid dienone is 12. The fourth-order valence-corrected chi connectivity index (χ4v) is 8.58. The van der Waals surface area contributed by atoms with Crippen molar-refractivity contribution >= 4 is 19.8 Å². The molecule has 0 aromatic heterocycles. The Bertz CT molecular complexity index is 1410. The number of hydrogen-bond donors (Lipinski definition) is 1. The summed E-state index contributed by atoms with van der Waals surface area (Å²) in [4.78, 5) is 35.7. The number of rotatable bonds is 52. The predicted molar refractivity (Wildman–Crippen MR) is 298 cm³/mol.